The van der Waals surface area contributed by atoms with Gasteiger partial charge >= 0.3 is 0 Å². The van der Waals surface area contributed by atoms with Crippen molar-refractivity contribution in [2.45, 2.75) is 19.9 Å². The summed E-state index contributed by atoms with van der Waals surface area (Å²) in [5.74, 6) is -0.0335. The van der Waals surface area contributed by atoms with Crippen LogP contribution in [0.15, 0.2) is 47.3 Å². The van der Waals surface area contributed by atoms with Crippen LogP contribution >= 0.6 is 0 Å². The van der Waals surface area contributed by atoms with Gasteiger partial charge in [0.1, 0.15) is 0 Å². The second-order valence-electron chi connectivity index (χ2n) is 4.32. The van der Waals surface area contributed by atoms with E-state index in [1.807, 2.05) is 37.3 Å². The number of nitrogens with one attached hydrogen (secondary N) is 2. The molecule has 2 N–H and O–H groups in total. The Balaban J connectivity index is 1.96. The first-order chi connectivity index (χ1) is 9.29. The van der Waals surface area contributed by atoms with Gasteiger partial charge in [-0.2, -0.15) is 0 Å². The smallest absolute Gasteiger partial charge is 0.251 e. The van der Waals surface area contributed by atoms with Crippen LogP contribution in [0.2, 0.25) is 0 Å². The molecule has 0 aliphatic carbocycles. The predicted octanol–water partition coefficient (Wildman–Crippen LogP) is 3.03. The van der Waals surface area contributed by atoms with E-state index in [9.17, 15) is 4.79 Å². The minimum atomic E-state index is -0.0335. The molecule has 0 radical (unpaired) electrons. The molecule has 0 spiro atoms. The molecule has 19 heavy (non-hydrogen) atoms. The van der Waals surface area contributed by atoms with Crippen LogP contribution in [0.3, 0.4) is 0 Å². The molecule has 1 aromatic carbocycles. The lowest BCUT2D eigenvalue weighted by atomic mass is 10.2. The molecule has 0 atom stereocenters. The van der Waals surface area contributed by atoms with Crippen LogP contribution in [0.5, 0.6) is 0 Å². The highest BCUT2D eigenvalue weighted by Gasteiger charge is 2.05. The zero-order valence-electron chi connectivity index (χ0n) is 11.0. The highest BCUT2D eigenvalue weighted by molar-refractivity contribution is 5.95. The Kier molecular flexibility index (Phi) is 4.61. The molecule has 1 amide bonds. The van der Waals surface area contributed by atoms with Crippen LogP contribution < -0.4 is 10.6 Å². The summed E-state index contributed by atoms with van der Waals surface area (Å²) in [6.45, 7) is 3.41. The lowest BCUT2D eigenvalue weighted by Gasteiger charge is -2.08. The van der Waals surface area contributed by atoms with E-state index in [-0.39, 0.29) is 5.91 Å². The minimum absolute atomic E-state index is 0.0335. The van der Waals surface area contributed by atoms with Crippen LogP contribution in [0, 0.1) is 0 Å². The van der Waals surface area contributed by atoms with Gasteiger partial charge in [0, 0.05) is 29.9 Å². The lowest BCUT2D eigenvalue weighted by Crippen LogP contribution is -2.23. The molecule has 2 rings (SSSR count). The topological polar surface area (TPSA) is 54.3 Å². The lowest BCUT2D eigenvalue weighted by molar-refractivity contribution is 0.0953. The number of anilines is 1. The second kappa shape index (κ2) is 6.64. The summed E-state index contributed by atoms with van der Waals surface area (Å²) in [5, 5.41) is 6.12. The van der Waals surface area contributed by atoms with Crippen molar-refractivity contribution in [3.63, 3.8) is 0 Å². The number of carbonyl (C=O) groups is 1. The van der Waals surface area contributed by atoms with Gasteiger partial charge in [-0.15, -0.1) is 0 Å². The molecule has 0 saturated heterocycles. The number of benzene rings is 1. The Morgan fingerprint density at radius 2 is 2.21 bits per heavy atom. The molecule has 0 aliphatic rings. The van der Waals surface area contributed by atoms with Gasteiger partial charge in [0.25, 0.3) is 5.91 Å². The van der Waals surface area contributed by atoms with Crippen molar-refractivity contribution in [1.29, 1.82) is 0 Å². The number of furan rings is 1. The minimum Gasteiger partial charge on any atom is -0.472 e. The van der Waals surface area contributed by atoms with Gasteiger partial charge in [-0.05, 0) is 30.7 Å². The summed E-state index contributed by atoms with van der Waals surface area (Å²) in [4.78, 5) is 11.8. The van der Waals surface area contributed by atoms with Crippen molar-refractivity contribution >= 4 is 11.6 Å². The maximum Gasteiger partial charge on any atom is 0.251 e. The monoisotopic (exact) mass is 258 g/mol. The molecule has 1 heterocycles. The average molecular weight is 258 g/mol. The average Bonchev–Trinajstić information content (AvgIpc) is 2.96. The molecule has 0 unspecified atom stereocenters. The molecule has 4 nitrogen and oxygen atoms in total. The van der Waals surface area contributed by atoms with E-state index in [4.69, 9.17) is 4.42 Å². The van der Waals surface area contributed by atoms with Crippen LogP contribution in [-0.2, 0) is 6.54 Å². The summed E-state index contributed by atoms with van der Waals surface area (Å²) in [6, 6.07) is 9.39. The standard InChI is InChI=1S/C15H18N2O2/c1-2-7-16-15(18)13-4-3-5-14(9-13)17-10-12-6-8-19-11-12/h3-6,8-9,11,17H,2,7,10H2,1H3,(H,16,18). The quantitative estimate of drug-likeness (QED) is 0.837. The van der Waals surface area contributed by atoms with E-state index < -0.39 is 0 Å². The van der Waals surface area contributed by atoms with Crippen LogP contribution in [0.1, 0.15) is 29.3 Å². The van der Waals surface area contributed by atoms with Gasteiger partial charge in [0.2, 0.25) is 0 Å². The summed E-state index contributed by atoms with van der Waals surface area (Å²) in [5.41, 5.74) is 2.66. The molecule has 0 fully saturated rings. The summed E-state index contributed by atoms with van der Waals surface area (Å²) in [7, 11) is 0. The third-order valence-electron chi connectivity index (χ3n) is 2.74. The fourth-order valence-electron chi connectivity index (χ4n) is 1.71. The first kappa shape index (κ1) is 13.2. The number of rotatable bonds is 6. The van der Waals surface area contributed by atoms with Crippen LogP contribution in [0.4, 0.5) is 5.69 Å². The molecule has 0 bridgehead atoms. The molecular formula is C15H18N2O2. The SMILES string of the molecule is CCCNC(=O)c1cccc(NCc2ccoc2)c1. The molecule has 2 aromatic rings. The fourth-order valence-corrected chi connectivity index (χ4v) is 1.71. The highest BCUT2D eigenvalue weighted by Crippen LogP contribution is 2.12. The number of carbonyl (C=O) groups excluding carboxylic acids is 1. The van der Waals surface area contributed by atoms with Crippen molar-refractivity contribution in [2.75, 3.05) is 11.9 Å². The van der Waals surface area contributed by atoms with Gasteiger partial charge in [0.15, 0.2) is 0 Å². The highest BCUT2D eigenvalue weighted by atomic mass is 16.3. The first-order valence-electron chi connectivity index (χ1n) is 6.43. The van der Waals surface area contributed by atoms with E-state index in [2.05, 4.69) is 10.6 Å². The van der Waals surface area contributed by atoms with Crippen molar-refractivity contribution < 1.29 is 9.21 Å². The zero-order chi connectivity index (χ0) is 13.5. The van der Waals surface area contributed by atoms with Crippen molar-refractivity contribution in [2.24, 2.45) is 0 Å². The third-order valence-corrected chi connectivity index (χ3v) is 2.74. The van der Waals surface area contributed by atoms with Gasteiger partial charge in [-0.25, -0.2) is 0 Å². The van der Waals surface area contributed by atoms with E-state index in [0.29, 0.717) is 18.7 Å². The normalized spacial score (nSPS) is 10.2. The van der Waals surface area contributed by atoms with Crippen molar-refractivity contribution in [1.82, 2.24) is 5.32 Å². The van der Waals surface area contributed by atoms with Gasteiger partial charge < -0.3 is 15.1 Å². The van der Waals surface area contributed by atoms with Crippen molar-refractivity contribution in [3.05, 3.63) is 54.0 Å². The zero-order valence-corrected chi connectivity index (χ0v) is 11.0. The molecular weight excluding hydrogens is 240 g/mol. The summed E-state index contributed by atoms with van der Waals surface area (Å²) >= 11 is 0. The van der Waals surface area contributed by atoms with Gasteiger partial charge in [-0.1, -0.05) is 13.0 Å². The largest absolute Gasteiger partial charge is 0.472 e. The summed E-state index contributed by atoms with van der Waals surface area (Å²) in [6.07, 6.45) is 4.28. The van der Waals surface area contributed by atoms with Crippen molar-refractivity contribution in [3.8, 4) is 0 Å². The summed E-state index contributed by atoms with van der Waals surface area (Å²) < 4.78 is 5.01. The molecule has 4 heteroatoms. The third kappa shape index (κ3) is 3.88. The number of hydrogen-bond donors (Lipinski definition) is 2. The Morgan fingerprint density at radius 1 is 1.32 bits per heavy atom. The fraction of sp³-hybridized carbons (Fsp3) is 0.267. The molecule has 0 aliphatic heterocycles. The van der Waals surface area contributed by atoms with Crippen LogP contribution in [0.25, 0.3) is 0 Å². The second-order valence-corrected chi connectivity index (χ2v) is 4.32. The maximum absolute atomic E-state index is 11.8. The first-order valence-corrected chi connectivity index (χ1v) is 6.43. The number of amides is 1. The molecule has 100 valence electrons. The number of hydrogen-bond acceptors (Lipinski definition) is 3. The van der Waals surface area contributed by atoms with E-state index in [1.165, 1.54) is 0 Å². The molecule has 1 aromatic heterocycles. The Morgan fingerprint density at radius 3 is 2.95 bits per heavy atom. The Hall–Kier alpha value is -2.23. The van der Waals surface area contributed by atoms with Crippen LogP contribution in [-0.4, -0.2) is 12.5 Å². The van der Waals surface area contributed by atoms with E-state index in [1.54, 1.807) is 12.5 Å². The Bertz CT molecular complexity index is 521. The van der Waals surface area contributed by atoms with E-state index in [0.717, 1.165) is 17.7 Å². The maximum atomic E-state index is 11.8. The Labute approximate surface area is 112 Å². The van der Waals surface area contributed by atoms with Gasteiger partial charge in [-0.3, -0.25) is 4.79 Å². The molecule has 0 saturated carbocycles. The van der Waals surface area contributed by atoms with Gasteiger partial charge in [0.05, 0.1) is 12.5 Å². The predicted molar refractivity (Wildman–Crippen MR) is 75.1 cm³/mol. The van der Waals surface area contributed by atoms with E-state index >= 15 is 0 Å².